The minimum absolute atomic E-state index is 0.115. The average molecular weight is 252 g/mol. The molecule has 0 amide bonds. The normalized spacial score (nSPS) is 12.9. The summed E-state index contributed by atoms with van der Waals surface area (Å²) in [4.78, 5) is 0. The summed E-state index contributed by atoms with van der Waals surface area (Å²) < 4.78 is 26.0. The van der Waals surface area contributed by atoms with Gasteiger partial charge >= 0.3 is 0 Å². The van der Waals surface area contributed by atoms with Crippen LogP contribution >= 0.6 is 0 Å². The Morgan fingerprint density at radius 1 is 1.53 bits per heavy atom. The summed E-state index contributed by atoms with van der Waals surface area (Å²) in [5.41, 5.74) is 6.77. The van der Waals surface area contributed by atoms with Crippen molar-refractivity contribution in [3.8, 4) is 12.3 Å². The maximum atomic E-state index is 11.8. The first-order valence-corrected chi connectivity index (χ1v) is 6.92. The number of terminal acetylenes is 1. The Morgan fingerprint density at radius 3 is 2.76 bits per heavy atom. The van der Waals surface area contributed by atoms with Gasteiger partial charge in [0.15, 0.2) is 0 Å². The number of benzene rings is 1. The zero-order valence-corrected chi connectivity index (χ0v) is 10.5. The van der Waals surface area contributed by atoms with Crippen LogP contribution in [0.3, 0.4) is 0 Å². The van der Waals surface area contributed by atoms with Crippen LogP contribution in [-0.4, -0.2) is 14.5 Å². The quantitative estimate of drug-likeness (QED) is 0.609. The third-order valence-corrected chi connectivity index (χ3v) is 3.60. The van der Waals surface area contributed by atoms with E-state index in [1.807, 2.05) is 6.92 Å². The Morgan fingerprint density at radius 2 is 2.24 bits per heavy atom. The molecule has 0 fully saturated rings. The van der Waals surface area contributed by atoms with Gasteiger partial charge < -0.3 is 5.73 Å². The maximum Gasteiger partial charge on any atom is 0.216 e. The first-order valence-electron chi connectivity index (χ1n) is 5.27. The molecule has 0 heterocycles. The van der Waals surface area contributed by atoms with Gasteiger partial charge in [0.25, 0.3) is 0 Å². The number of sulfonamides is 1. The molecule has 5 heteroatoms. The third kappa shape index (κ3) is 4.47. The van der Waals surface area contributed by atoms with Gasteiger partial charge in [0.05, 0.1) is 11.8 Å². The van der Waals surface area contributed by atoms with Crippen molar-refractivity contribution in [2.45, 2.75) is 25.1 Å². The summed E-state index contributed by atoms with van der Waals surface area (Å²) in [6.45, 7) is 1.83. The molecule has 1 unspecified atom stereocenters. The summed E-state index contributed by atoms with van der Waals surface area (Å²) in [6.07, 6.45) is 5.77. The Balaban J connectivity index is 2.77. The summed E-state index contributed by atoms with van der Waals surface area (Å²) in [5, 5.41) is 0. The molecule has 4 nitrogen and oxygen atoms in total. The second-order valence-electron chi connectivity index (χ2n) is 3.75. The molecule has 0 aliphatic heterocycles. The van der Waals surface area contributed by atoms with Crippen LogP contribution in [0.4, 0.5) is 5.69 Å². The van der Waals surface area contributed by atoms with Crippen molar-refractivity contribution >= 4 is 15.7 Å². The minimum atomic E-state index is -3.42. The molecule has 0 aromatic heterocycles. The van der Waals surface area contributed by atoms with Crippen LogP contribution < -0.4 is 10.5 Å². The summed E-state index contributed by atoms with van der Waals surface area (Å²) in [6, 6.07) is 6.32. The van der Waals surface area contributed by atoms with Crippen molar-refractivity contribution < 1.29 is 8.42 Å². The SMILES string of the molecule is C#CC(CC)NS(=O)(=O)Cc1cccc(N)c1. The Bertz CT molecular complexity index is 518. The monoisotopic (exact) mass is 252 g/mol. The zero-order valence-electron chi connectivity index (χ0n) is 9.68. The van der Waals surface area contributed by atoms with E-state index in [1.165, 1.54) is 0 Å². The molecule has 0 aliphatic carbocycles. The molecule has 1 rings (SSSR count). The fourth-order valence-electron chi connectivity index (χ4n) is 1.40. The Labute approximate surface area is 102 Å². The fourth-order valence-corrected chi connectivity index (χ4v) is 2.77. The topological polar surface area (TPSA) is 72.2 Å². The van der Waals surface area contributed by atoms with Crippen molar-refractivity contribution in [3.05, 3.63) is 29.8 Å². The predicted molar refractivity (Wildman–Crippen MR) is 69.5 cm³/mol. The van der Waals surface area contributed by atoms with Crippen molar-refractivity contribution in [2.24, 2.45) is 0 Å². The highest BCUT2D eigenvalue weighted by Gasteiger charge is 2.15. The number of nitrogens with one attached hydrogen (secondary N) is 1. The van der Waals surface area contributed by atoms with Gasteiger partial charge in [-0.25, -0.2) is 13.1 Å². The van der Waals surface area contributed by atoms with Crippen molar-refractivity contribution in [3.63, 3.8) is 0 Å². The standard InChI is InChI=1S/C12H16N2O2S/c1-3-12(4-2)14-17(15,16)9-10-6-5-7-11(13)8-10/h1,5-8,12,14H,4,9,13H2,2H3. The lowest BCUT2D eigenvalue weighted by Gasteiger charge is -2.11. The van der Waals surface area contributed by atoms with Gasteiger partial charge in [0, 0.05) is 5.69 Å². The molecular formula is C12H16N2O2S. The lowest BCUT2D eigenvalue weighted by atomic mass is 10.2. The highest BCUT2D eigenvalue weighted by Crippen LogP contribution is 2.10. The van der Waals surface area contributed by atoms with Crippen LogP contribution in [0, 0.1) is 12.3 Å². The van der Waals surface area contributed by atoms with Gasteiger partial charge in [-0.3, -0.25) is 0 Å². The van der Waals surface area contributed by atoms with Gasteiger partial charge in [-0.1, -0.05) is 25.0 Å². The Kier molecular flexibility index (Phi) is 4.55. The van der Waals surface area contributed by atoms with E-state index in [4.69, 9.17) is 12.2 Å². The van der Waals surface area contributed by atoms with Crippen molar-refractivity contribution in [2.75, 3.05) is 5.73 Å². The fraction of sp³-hybridized carbons (Fsp3) is 0.333. The summed E-state index contributed by atoms with van der Waals surface area (Å²) in [7, 11) is -3.42. The van der Waals surface area contributed by atoms with E-state index in [0.717, 1.165) is 0 Å². The molecule has 3 N–H and O–H groups in total. The van der Waals surface area contributed by atoms with Crippen LogP contribution in [0.2, 0.25) is 0 Å². The van der Waals surface area contributed by atoms with Crippen LogP contribution in [0.1, 0.15) is 18.9 Å². The maximum absolute atomic E-state index is 11.8. The first kappa shape index (κ1) is 13.6. The van der Waals surface area contributed by atoms with E-state index in [2.05, 4.69) is 10.6 Å². The number of hydrogen-bond donors (Lipinski definition) is 2. The molecule has 0 radical (unpaired) electrons. The molecule has 0 spiro atoms. The molecule has 92 valence electrons. The third-order valence-electron chi connectivity index (χ3n) is 2.24. The van der Waals surface area contributed by atoms with Gasteiger partial charge in [0.1, 0.15) is 0 Å². The summed E-state index contributed by atoms with van der Waals surface area (Å²) >= 11 is 0. The molecule has 0 aliphatic rings. The lowest BCUT2D eigenvalue weighted by Crippen LogP contribution is -2.34. The molecule has 17 heavy (non-hydrogen) atoms. The van der Waals surface area contributed by atoms with Gasteiger partial charge in [-0.15, -0.1) is 6.42 Å². The molecule has 0 saturated heterocycles. The molecule has 1 aromatic rings. The second-order valence-corrected chi connectivity index (χ2v) is 5.50. The second kappa shape index (κ2) is 5.71. The molecule has 0 bridgehead atoms. The van der Waals surface area contributed by atoms with Crippen molar-refractivity contribution in [1.29, 1.82) is 0 Å². The van der Waals surface area contributed by atoms with E-state index >= 15 is 0 Å². The van der Waals surface area contributed by atoms with E-state index in [1.54, 1.807) is 24.3 Å². The Hall–Kier alpha value is -1.51. The van der Waals surface area contributed by atoms with Gasteiger partial charge in [-0.2, -0.15) is 0 Å². The number of hydrogen-bond acceptors (Lipinski definition) is 3. The smallest absolute Gasteiger partial charge is 0.216 e. The summed E-state index contributed by atoms with van der Waals surface area (Å²) in [5.74, 6) is 2.28. The molecule has 1 aromatic carbocycles. The average Bonchev–Trinajstić information content (AvgIpc) is 2.25. The first-order chi connectivity index (χ1) is 7.96. The van der Waals surface area contributed by atoms with E-state index in [0.29, 0.717) is 17.7 Å². The van der Waals surface area contributed by atoms with Gasteiger partial charge in [0.2, 0.25) is 10.0 Å². The van der Waals surface area contributed by atoms with Crippen LogP contribution in [0.15, 0.2) is 24.3 Å². The van der Waals surface area contributed by atoms with Gasteiger partial charge in [-0.05, 0) is 24.1 Å². The van der Waals surface area contributed by atoms with Crippen LogP contribution in [0.25, 0.3) is 0 Å². The molecule has 0 saturated carbocycles. The number of anilines is 1. The van der Waals surface area contributed by atoms with E-state index in [9.17, 15) is 8.42 Å². The highest BCUT2D eigenvalue weighted by molar-refractivity contribution is 7.88. The highest BCUT2D eigenvalue weighted by atomic mass is 32.2. The predicted octanol–water partition coefficient (Wildman–Crippen LogP) is 1.10. The van der Waals surface area contributed by atoms with Crippen LogP contribution in [0.5, 0.6) is 0 Å². The largest absolute Gasteiger partial charge is 0.399 e. The number of nitrogens with two attached hydrogens (primary N) is 1. The van der Waals surface area contributed by atoms with E-state index < -0.39 is 16.1 Å². The van der Waals surface area contributed by atoms with Crippen molar-refractivity contribution in [1.82, 2.24) is 4.72 Å². The van der Waals surface area contributed by atoms with Crippen LogP contribution in [-0.2, 0) is 15.8 Å². The molecular weight excluding hydrogens is 236 g/mol. The number of rotatable bonds is 5. The minimum Gasteiger partial charge on any atom is -0.399 e. The lowest BCUT2D eigenvalue weighted by molar-refractivity contribution is 0.569. The number of nitrogen functional groups attached to an aromatic ring is 1. The zero-order chi connectivity index (χ0) is 12.9. The van der Waals surface area contributed by atoms with E-state index in [-0.39, 0.29) is 5.75 Å². The molecule has 1 atom stereocenters.